The summed E-state index contributed by atoms with van der Waals surface area (Å²) in [5.41, 5.74) is 3.43. The Morgan fingerprint density at radius 2 is 2.24 bits per heavy atom. The first-order chi connectivity index (χ1) is 10.1. The van der Waals surface area contributed by atoms with Gasteiger partial charge in [0.05, 0.1) is 12.8 Å². The number of aromatic nitrogens is 1. The zero-order valence-corrected chi connectivity index (χ0v) is 14.1. The number of nitrogens with one attached hydrogen (secondary N) is 1. The van der Waals surface area contributed by atoms with Crippen molar-refractivity contribution in [2.75, 3.05) is 26.7 Å². The van der Waals surface area contributed by atoms with E-state index < -0.39 is 0 Å². The average molecular weight is 291 g/mol. The van der Waals surface area contributed by atoms with Crippen LogP contribution in [0.1, 0.15) is 37.1 Å². The van der Waals surface area contributed by atoms with Crippen LogP contribution in [0.2, 0.25) is 0 Å². The quantitative estimate of drug-likeness (QED) is 0.904. The highest BCUT2D eigenvalue weighted by Crippen LogP contribution is 2.25. The monoisotopic (exact) mass is 291 g/mol. The summed E-state index contributed by atoms with van der Waals surface area (Å²) < 4.78 is 5.51. The summed E-state index contributed by atoms with van der Waals surface area (Å²) in [7, 11) is 1.74. The molecule has 1 aromatic rings. The van der Waals surface area contributed by atoms with E-state index in [2.05, 4.69) is 36.0 Å². The van der Waals surface area contributed by atoms with Crippen molar-refractivity contribution in [1.82, 2.24) is 15.2 Å². The second kappa shape index (κ2) is 7.23. The Kier molecular flexibility index (Phi) is 5.59. The first-order valence-corrected chi connectivity index (χ1v) is 8.01. The number of methoxy groups -OCH3 is 1. The molecule has 1 fully saturated rings. The van der Waals surface area contributed by atoms with Gasteiger partial charge >= 0.3 is 0 Å². The number of rotatable bonds is 5. The van der Waals surface area contributed by atoms with Crippen LogP contribution in [0.5, 0.6) is 5.75 Å². The highest BCUT2D eigenvalue weighted by atomic mass is 16.5. The van der Waals surface area contributed by atoms with Crippen LogP contribution >= 0.6 is 0 Å². The van der Waals surface area contributed by atoms with Crippen LogP contribution in [-0.2, 0) is 6.54 Å². The Balaban J connectivity index is 2.08. The van der Waals surface area contributed by atoms with Gasteiger partial charge in [-0.05, 0) is 19.8 Å². The summed E-state index contributed by atoms with van der Waals surface area (Å²) >= 11 is 0. The van der Waals surface area contributed by atoms with Gasteiger partial charge in [-0.2, -0.15) is 0 Å². The third-order valence-electron chi connectivity index (χ3n) is 4.74. The lowest BCUT2D eigenvalue weighted by molar-refractivity contribution is 0.160. The molecule has 0 radical (unpaired) electrons. The molecular weight excluding hydrogens is 262 g/mol. The number of hydrogen-bond acceptors (Lipinski definition) is 4. The zero-order chi connectivity index (χ0) is 15.4. The van der Waals surface area contributed by atoms with Crippen LogP contribution < -0.4 is 10.1 Å². The minimum absolute atomic E-state index is 0.594. The van der Waals surface area contributed by atoms with E-state index in [0.717, 1.165) is 49.1 Å². The maximum absolute atomic E-state index is 5.51. The second-order valence-electron chi connectivity index (χ2n) is 6.23. The molecule has 2 rings (SSSR count). The highest BCUT2D eigenvalue weighted by molar-refractivity contribution is 5.41. The van der Waals surface area contributed by atoms with Crippen molar-refractivity contribution < 1.29 is 4.74 Å². The lowest BCUT2D eigenvalue weighted by Gasteiger charge is -2.36. The molecule has 0 aromatic carbocycles. The molecule has 0 spiro atoms. The first-order valence-electron chi connectivity index (χ1n) is 8.01. The molecule has 2 heterocycles. The van der Waals surface area contributed by atoms with Gasteiger partial charge < -0.3 is 10.1 Å². The fourth-order valence-corrected chi connectivity index (χ4v) is 3.09. The van der Waals surface area contributed by atoms with Crippen molar-refractivity contribution in [3.8, 4) is 5.75 Å². The normalized spacial score (nSPS) is 21.3. The maximum atomic E-state index is 5.51. The van der Waals surface area contributed by atoms with E-state index in [0.29, 0.717) is 6.04 Å². The van der Waals surface area contributed by atoms with E-state index in [4.69, 9.17) is 4.74 Å². The summed E-state index contributed by atoms with van der Waals surface area (Å²) in [5, 5.41) is 3.65. The topological polar surface area (TPSA) is 37.4 Å². The molecule has 1 aliphatic rings. The average Bonchev–Trinajstić information content (AvgIpc) is 2.50. The molecule has 0 aliphatic carbocycles. The molecule has 0 saturated carbocycles. The van der Waals surface area contributed by atoms with Gasteiger partial charge in [0.15, 0.2) is 0 Å². The summed E-state index contributed by atoms with van der Waals surface area (Å²) in [6.45, 7) is 12.9. The summed E-state index contributed by atoms with van der Waals surface area (Å²) in [6.07, 6.45) is 3.15. The molecule has 4 nitrogen and oxygen atoms in total. The number of piperazine rings is 1. The molecular formula is C17H29N3O. The SMILES string of the molecule is CCC(C)C1CN(Cc2ncc(C)c(OC)c2C)CCN1. The Hall–Kier alpha value is -1.13. The van der Waals surface area contributed by atoms with E-state index in [1.165, 1.54) is 12.0 Å². The van der Waals surface area contributed by atoms with E-state index >= 15 is 0 Å². The molecule has 0 bridgehead atoms. The van der Waals surface area contributed by atoms with E-state index in [-0.39, 0.29) is 0 Å². The van der Waals surface area contributed by atoms with E-state index in [9.17, 15) is 0 Å². The Morgan fingerprint density at radius 3 is 2.90 bits per heavy atom. The van der Waals surface area contributed by atoms with Crippen LogP contribution in [0.15, 0.2) is 6.20 Å². The molecule has 1 N–H and O–H groups in total. The minimum atomic E-state index is 0.594. The Bertz CT molecular complexity index is 475. The van der Waals surface area contributed by atoms with Gasteiger partial charge in [-0.1, -0.05) is 20.3 Å². The Morgan fingerprint density at radius 1 is 1.48 bits per heavy atom. The summed E-state index contributed by atoms with van der Waals surface area (Å²) in [6, 6.07) is 0.594. The van der Waals surface area contributed by atoms with Crippen molar-refractivity contribution >= 4 is 0 Å². The van der Waals surface area contributed by atoms with Crippen molar-refractivity contribution in [3.63, 3.8) is 0 Å². The van der Waals surface area contributed by atoms with Gasteiger partial charge in [0.25, 0.3) is 0 Å². The number of aryl methyl sites for hydroxylation is 1. The van der Waals surface area contributed by atoms with E-state index in [1.54, 1.807) is 7.11 Å². The number of ether oxygens (including phenoxy) is 1. The number of hydrogen-bond donors (Lipinski definition) is 1. The molecule has 21 heavy (non-hydrogen) atoms. The molecule has 1 aliphatic heterocycles. The largest absolute Gasteiger partial charge is 0.496 e. The third kappa shape index (κ3) is 3.74. The molecule has 1 aromatic heterocycles. The second-order valence-corrected chi connectivity index (χ2v) is 6.23. The van der Waals surface area contributed by atoms with Crippen LogP contribution in [0.3, 0.4) is 0 Å². The van der Waals surface area contributed by atoms with Gasteiger partial charge in [0, 0.05) is 49.5 Å². The van der Waals surface area contributed by atoms with Crippen molar-refractivity contribution in [3.05, 3.63) is 23.0 Å². The summed E-state index contributed by atoms with van der Waals surface area (Å²) in [4.78, 5) is 7.14. The molecule has 4 heteroatoms. The lowest BCUT2D eigenvalue weighted by atomic mass is 9.97. The van der Waals surface area contributed by atoms with Crippen LogP contribution in [0, 0.1) is 19.8 Å². The fraction of sp³-hybridized carbons (Fsp3) is 0.706. The first kappa shape index (κ1) is 16.2. The third-order valence-corrected chi connectivity index (χ3v) is 4.74. The van der Waals surface area contributed by atoms with Gasteiger partial charge in [-0.3, -0.25) is 9.88 Å². The van der Waals surface area contributed by atoms with Crippen molar-refractivity contribution in [1.29, 1.82) is 0 Å². The maximum Gasteiger partial charge on any atom is 0.128 e. The van der Waals surface area contributed by atoms with Crippen LogP contribution in [0.25, 0.3) is 0 Å². The molecule has 118 valence electrons. The minimum Gasteiger partial charge on any atom is -0.496 e. The Labute approximate surface area is 128 Å². The van der Waals surface area contributed by atoms with Crippen molar-refractivity contribution in [2.24, 2.45) is 5.92 Å². The van der Waals surface area contributed by atoms with Gasteiger partial charge in [-0.15, -0.1) is 0 Å². The van der Waals surface area contributed by atoms with E-state index in [1.807, 2.05) is 13.1 Å². The fourth-order valence-electron chi connectivity index (χ4n) is 3.09. The standard InChI is InChI=1S/C17H29N3O/c1-6-12(2)15-10-20(8-7-18-15)11-16-14(4)17(21-5)13(3)9-19-16/h9,12,15,18H,6-8,10-11H2,1-5H3. The summed E-state index contributed by atoms with van der Waals surface area (Å²) in [5.74, 6) is 1.70. The molecule has 0 amide bonds. The number of pyridine rings is 1. The lowest BCUT2D eigenvalue weighted by Crippen LogP contribution is -2.52. The molecule has 2 unspecified atom stereocenters. The smallest absolute Gasteiger partial charge is 0.128 e. The zero-order valence-electron chi connectivity index (χ0n) is 14.1. The predicted octanol–water partition coefficient (Wildman–Crippen LogP) is 2.53. The van der Waals surface area contributed by atoms with Gasteiger partial charge in [0.2, 0.25) is 0 Å². The van der Waals surface area contributed by atoms with Gasteiger partial charge in [-0.25, -0.2) is 0 Å². The number of nitrogens with zero attached hydrogens (tertiary/aromatic N) is 2. The molecule has 2 atom stereocenters. The van der Waals surface area contributed by atoms with Gasteiger partial charge in [0.1, 0.15) is 5.75 Å². The van der Waals surface area contributed by atoms with Crippen LogP contribution in [-0.4, -0.2) is 42.7 Å². The predicted molar refractivity (Wildman–Crippen MR) is 86.8 cm³/mol. The molecule has 1 saturated heterocycles. The van der Waals surface area contributed by atoms with Crippen LogP contribution in [0.4, 0.5) is 0 Å². The highest BCUT2D eigenvalue weighted by Gasteiger charge is 2.24. The van der Waals surface area contributed by atoms with Crippen molar-refractivity contribution in [2.45, 2.75) is 46.7 Å².